The second kappa shape index (κ2) is 4.42. The van der Waals surface area contributed by atoms with Gasteiger partial charge in [0.15, 0.2) is 0 Å². The summed E-state index contributed by atoms with van der Waals surface area (Å²) < 4.78 is 0. The van der Waals surface area contributed by atoms with E-state index in [1.807, 2.05) is 37.3 Å². The summed E-state index contributed by atoms with van der Waals surface area (Å²) in [6, 6.07) is 4.02. The molecule has 0 bridgehead atoms. The normalized spacial score (nSPS) is 9.77. The van der Waals surface area contributed by atoms with Gasteiger partial charge in [-0.05, 0) is 23.3 Å². The Morgan fingerprint density at radius 3 is 2.62 bits per heavy atom. The molecular weight excluding hydrogens is 228 g/mol. The maximum atomic E-state index is 4.29. The molecule has 0 saturated heterocycles. The first-order chi connectivity index (χ1) is 6.15. The fraction of sp³-hybridized carbons (Fsp3) is 0.300. The molecule has 3 heteroatoms. The fourth-order valence-corrected chi connectivity index (χ4v) is 1.26. The molecule has 0 aliphatic carbocycles. The van der Waals surface area contributed by atoms with Crippen molar-refractivity contribution < 1.29 is 0 Å². The lowest BCUT2D eigenvalue weighted by molar-refractivity contribution is 1.07. The second-order valence-corrected chi connectivity index (χ2v) is 3.60. The summed E-state index contributed by atoms with van der Waals surface area (Å²) in [7, 11) is 3.95. The molecule has 13 heavy (non-hydrogen) atoms. The Bertz CT molecular complexity index is 290. The number of halogens is 1. The summed E-state index contributed by atoms with van der Waals surface area (Å²) in [6.45, 7) is 3.92. The van der Waals surface area contributed by atoms with E-state index >= 15 is 0 Å². The predicted molar refractivity (Wildman–Crippen MR) is 61.4 cm³/mol. The van der Waals surface area contributed by atoms with Crippen molar-refractivity contribution in [3.8, 4) is 0 Å². The number of anilines is 1. The molecule has 0 amide bonds. The standard InChI is InChI=1S/C10H13BrN2/c1-8(6-11)9-4-5-10(12-7-9)13(2)3/h4-5,7H,1,6H2,2-3H3. The molecule has 0 saturated carbocycles. The molecule has 0 aliphatic heterocycles. The Morgan fingerprint density at radius 1 is 1.54 bits per heavy atom. The van der Waals surface area contributed by atoms with Crippen LogP contribution in [-0.2, 0) is 0 Å². The van der Waals surface area contributed by atoms with Gasteiger partial charge in [0.1, 0.15) is 5.82 Å². The first kappa shape index (κ1) is 10.3. The van der Waals surface area contributed by atoms with E-state index in [0.29, 0.717) is 0 Å². The Labute approximate surface area is 87.4 Å². The number of aromatic nitrogens is 1. The molecule has 1 rings (SSSR count). The van der Waals surface area contributed by atoms with E-state index in [1.54, 1.807) is 0 Å². The number of hydrogen-bond acceptors (Lipinski definition) is 2. The summed E-state index contributed by atoms with van der Waals surface area (Å²) >= 11 is 3.36. The molecule has 0 N–H and O–H groups in total. The molecule has 0 atom stereocenters. The van der Waals surface area contributed by atoms with Crippen LogP contribution in [0.15, 0.2) is 24.9 Å². The van der Waals surface area contributed by atoms with Crippen molar-refractivity contribution in [2.45, 2.75) is 0 Å². The average Bonchev–Trinajstić information content (AvgIpc) is 2.17. The van der Waals surface area contributed by atoms with Crippen LogP contribution in [0, 0.1) is 0 Å². The molecule has 1 aromatic heterocycles. The van der Waals surface area contributed by atoms with Gasteiger partial charge in [-0.1, -0.05) is 22.5 Å². The van der Waals surface area contributed by atoms with Crippen LogP contribution in [0.1, 0.15) is 5.56 Å². The lowest BCUT2D eigenvalue weighted by atomic mass is 10.1. The average molecular weight is 241 g/mol. The van der Waals surface area contributed by atoms with Gasteiger partial charge in [0, 0.05) is 25.6 Å². The highest BCUT2D eigenvalue weighted by Gasteiger charge is 1.99. The maximum absolute atomic E-state index is 4.29. The SMILES string of the molecule is C=C(CBr)c1ccc(N(C)C)nc1. The van der Waals surface area contributed by atoms with Gasteiger partial charge in [-0.15, -0.1) is 0 Å². The molecule has 0 fully saturated rings. The summed E-state index contributed by atoms with van der Waals surface area (Å²) in [5.74, 6) is 0.964. The Balaban J connectivity index is 2.87. The van der Waals surface area contributed by atoms with Gasteiger partial charge in [0.2, 0.25) is 0 Å². The van der Waals surface area contributed by atoms with Gasteiger partial charge in [0.05, 0.1) is 0 Å². The quantitative estimate of drug-likeness (QED) is 0.756. The third kappa shape index (κ3) is 2.56. The smallest absolute Gasteiger partial charge is 0.127 e. The largest absolute Gasteiger partial charge is 0.363 e. The van der Waals surface area contributed by atoms with Crippen molar-refractivity contribution in [1.29, 1.82) is 0 Å². The zero-order valence-corrected chi connectivity index (χ0v) is 9.50. The lowest BCUT2D eigenvalue weighted by Gasteiger charge is -2.11. The minimum atomic E-state index is 0.788. The van der Waals surface area contributed by atoms with E-state index in [1.165, 1.54) is 0 Å². The van der Waals surface area contributed by atoms with Crippen LogP contribution in [-0.4, -0.2) is 24.4 Å². The van der Waals surface area contributed by atoms with Crippen molar-refractivity contribution in [2.24, 2.45) is 0 Å². The molecule has 2 nitrogen and oxygen atoms in total. The summed E-state index contributed by atoms with van der Waals surface area (Å²) in [4.78, 5) is 6.26. The molecule has 0 spiro atoms. The van der Waals surface area contributed by atoms with Crippen molar-refractivity contribution in [1.82, 2.24) is 4.98 Å². The highest BCUT2D eigenvalue weighted by atomic mass is 79.9. The Morgan fingerprint density at radius 2 is 2.23 bits per heavy atom. The van der Waals surface area contributed by atoms with Gasteiger partial charge < -0.3 is 4.90 Å². The third-order valence-corrected chi connectivity index (χ3v) is 2.45. The number of hydrogen-bond donors (Lipinski definition) is 0. The number of rotatable bonds is 3. The molecule has 0 unspecified atom stereocenters. The van der Waals surface area contributed by atoms with Crippen LogP contribution in [0.2, 0.25) is 0 Å². The van der Waals surface area contributed by atoms with Crippen LogP contribution in [0.25, 0.3) is 5.57 Å². The summed E-state index contributed by atoms with van der Waals surface area (Å²) in [5.41, 5.74) is 2.14. The summed E-state index contributed by atoms with van der Waals surface area (Å²) in [5, 5.41) is 0.788. The molecule has 0 radical (unpaired) electrons. The van der Waals surface area contributed by atoms with E-state index in [9.17, 15) is 0 Å². The zero-order valence-electron chi connectivity index (χ0n) is 7.92. The van der Waals surface area contributed by atoms with E-state index in [2.05, 4.69) is 27.5 Å². The topological polar surface area (TPSA) is 16.1 Å². The highest BCUT2D eigenvalue weighted by molar-refractivity contribution is 9.09. The second-order valence-electron chi connectivity index (χ2n) is 3.04. The van der Waals surface area contributed by atoms with Gasteiger partial charge >= 0.3 is 0 Å². The monoisotopic (exact) mass is 240 g/mol. The minimum Gasteiger partial charge on any atom is -0.363 e. The van der Waals surface area contributed by atoms with Crippen molar-refractivity contribution >= 4 is 27.3 Å². The first-order valence-corrected chi connectivity index (χ1v) is 5.15. The minimum absolute atomic E-state index is 0.788. The fourth-order valence-electron chi connectivity index (χ4n) is 0.937. The van der Waals surface area contributed by atoms with Crippen LogP contribution in [0.4, 0.5) is 5.82 Å². The number of pyridine rings is 1. The number of alkyl halides is 1. The van der Waals surface area contributed by atoms with Crippen LogP contribution in [0.3, 0.4) is 0 Å². The maximum Gasteiger partial charge on any atom is 0.127 e. The molecule has 0 aliphatic rings. The van der Waals surface area contributed by atoms with Gasteiger partial charge in [-0.2, -0.15) is 0 Å². The van der Waals surface area contributed by atoms with Crippen LogP contribution in [0.5, 0.6) is 0 Å². The first-order valence-electron chi connectivity index (χ1n) is 4.02. The zero-order chi connectivity index (χ0) is 9.84. The molecule has 70 valence electrons. The van der Waals surface area contributed by atoms with E-state index in [4.69, 9.17) is 0 Å². The molecule has 1 aromatic rings. The molecule has 0 aromatic carbocycles. The number of nitrogens with zero attached hydrogens (tertiary/aromatic N) is 2. The highest BCUT2D eigenvalue weighted by Crippen LogP contribution is 2.15. The van der Waals surface area contributed by atoms with Crippen LogP contribution < -0.4 is 4.90 Å². The lowest BCUT2D eigenvalue weighted by Crippen LogP contribution is -2.10. The Hall–Kier alpha value is -0.830. The Kier molecular flexibility index (Phi) is 3.48. The van der Waals surface area contributed by atoms with Gasteiger partial charge in [-0.3, -0.25) is 0 Å². The van der Waals surface area contributed by atoms with Gasteiger partial charge in [0.25, 0.3) is 0 Å². The van der Waals surface area contributed by atoms with Crippen molar-refractivity contribution in [3.05, 3.63) is 30.5 Å². The summed E-state index contributed by atoms with van der Waals surface area (Å²) in [6.07, 6.45) is 1.85. The van der Waals surface area contributed by atoms with Crippen LogP contribution >= 0.6 is 15.9 Å². The van der Waals surface area contributed by atoms with Crippen molar-refractivity contribution in [3.63, 3.8) is 0 Å². The molecule has 1 heterocycles. The number of allylic oxidation sites excluding steroid dienone is 1. The third-order valence-electron chi connectivity index (χ3n) is 1.78. The van der Waals surface area contributed by atoms with E-state index in [0.717, 1.165) is 22.3 Å². The van der Waals surface area contributed by atoms with Crippen molar-refractivity contribution in [2.75, 3.05) is 24.3 Å². The predicted octanol–water partition coefficient (Wildman–Crippen LogP) is 2.56. The molecular formula is C10H13BrN2. The van der Waals surface area contributed by atoms with E-state index in [-0.39, 0.29) is 0 Å². The van der Waals surface area contributed by atoms with Gasteiger partial charge in [-0.25, -0.2) is 4.98 Å². The van der Waals surface area contributed by atoms with E-state index < -0.39 is 0 Å².